The average Bonchev–Trinajstić information content (AvgIpc) is 2.90. The number of nitrogens with two attached hydrogens (primary N) is 1. The molecule has 0 aromatic carbocycles. The molecular weight excluding hydrogens is 523 g/mol. The molecule has 15 heteroatoms. The number of amides is 2. The Kier molecular flexibility index (Phi) is 8.30. The van der Waals surface area contributed by atoms with E-state index >= 15 is 0 Å². The molecule has 2 aliphatic heterocycles. The number of ether oxygens (including phenoxy) is 3. The number of nitrogens with one attached hydrogen (secondary N) is 2. The maximum atomic E-state index is 13.2. The Balaban J connectivity index is 1.46. The zero-order valence-electron chi connectivity index (χ0n) is 21.5. The number of aryl methyl sites for hydroxylation is 1. The minimum atomic E-state index is -4.67. The molecule has 12 nitrogen and oxygen atoms in total. The lowest BCUT2D eigenvalue weighted by molar-refractivity contribution is -0.138. The Morgan fingerprint density at radius 2 is 2.08 bits per heavy atom. The zero-order valence-corrected chi connectivity index (χ0v) is 21.5. The third-order valence-corrected chi connectivity index (χ3v) is 6.65. The van der Waals surface area contributed by atoms with Gasteiger partial charge in [0.25, 0.3) is 5.56 Å². The molecule has 2 atom stereocenters. The molecule has 2 amide bonds. The van der Waals surface area contributed by atoms with Gasteiger partial charge in [-0.25, -0.2) is 9.78 Å². The minimum absolute atomic E-state index is 0.133. The van der Waals surface area contributed by atoms with E-state index in [1.54, 1.807) is 12.3 Å². The predicted octanol–water partition coefficient (Wildman–Crippen LogP) is 1.88. The van der Waals surface area contributed by atoms with Gasteiger partial charge in [0, 0.05) is 40.0 Å². The Morgan fingerprint density at radius 1 is 1.31 bits per heavy atom. The highest BCUT2D eigenvalue weighted by Crippen LogP contribution is 2.31. The maximum absolute atomic E-state index is 13.2. The molecule has 0 radical (unpaired) electrons. The quantitative estimate of drug-likeness (QED) is 0.279. The second kappa shape index (κ2) is 11.5. The fraction of sp³-hybridized carbons (Fsp3) is 0.500. The lowest BCUT2D eigenvalue weighted by Gasteiger charge is -2.47. The summed E-state index contributed by atoms with van der Waals surface area (Å²) < 4.78 is 56.7. The first kappa shape index (κ1) is 28.2. The normalized spacial score (nSPS) is 19.4. The lowest BCUT2D eigenvalue weighted by atomic mass is 9.98. The second-order valence-electron chi connectivity index (χ2n) is 9.19. The van der Waals surface area contributed by atoms with Crippen molar-refractivity contribution in [1.82, 2.24) is 14.5 Å². The number of morpholine rings is 1. The molecule has 212 valence electrons. The topological polar surface area (TPSA) is 148 Å². The predicted molar refractivity (Wildman–Crippen MR) is 136 cm³/mol. The van der Waals surface area contributed by atoms with Crippen molar-refractivity contribution < 1.29 is 32.2 Å². The molecule has 2 fully saturated rings. The average molecular weight is 554 g/mol. The lowest BCUT2D eigenvalue weighted by Crippen LogP contribution is -2.61. The van der Waals surface area contributed by atoms with Gasteiger partial charge >= 0.3 is 12.2 Å². The number of carbonyl (C=O) groups excluding carboxylic acids is 1. The number of fused-ring (bicyclic) bond motifs is 1. The van der Waals surface area contributed by atoms with Crippen LogP contribution in [0.15, 0.2) is 29.3 Å². The SMILES string of the molecule is COCCOC(=N)c1cc(N2CC[C@@H]3[C@@H](C2)OCCN3C(=O)Nc2cc(C(F)(F)F)cn(C)c2=O)cnc1N. The summed E-state index contributed by atoms with van der Waals surface area (Å²) >= 11 is 0. The van der Waals surface area contributed by atoms with Crippen LogP contribution >= 0.6 is 0 Å². The molecule has 4 heterocycles. The summed E-state index contributed by atoms with van der Waals surface area (Å²) in [5.41, 5.74) is 4.74. The van der Waals surface area contributed by atoms with Gasteiger partial charge < -0.3 is 39.6 Å². The largest absolute Gasteiger partial charge is 0.475 e. The molecular formula is C24H30F3N7O5. The van der Waals surface area contributed by atoms with Gasteiger partial charge in [0.15, 0.2) is 0 Å². The number of methoxy groups -OCH3 is 1. The van der Waals surface area contributed by atoms with Crippen molar-refractivity contribution in [1.29, 1.82) is 5.41 Å². The monoisotopic (exact) mass is 553 g/mol. The van der Waals surface area contributed by atoms with Gasteiger partial charge in [0.05, 0.1) is 48.4 Å². The van der Waals surface area contributed by atoms with Gasteiger partial charge in [-0.1, -0.05) is 0 Å². The maximum Gasteiger partial charge on any atom is 0.417 e. The number of anilines is 3. The van der Waals surface area contributed by atoms with E-state index < -0.39 is 35.1 Å². The first-order chi connectivity index (χ1) is 18.5. The van der Waals surface area contributed by atoms with Gasteiger partial charge in [-0.15, -0.1) is 0 Å². The molecule has 2 aromatic rings. The van der Waals surface area contributed by atoms with Crippen LogP contribution in [0.25, 0.3) is 0 Å². The first-order valence-corrected chi connectivity index (χ1v) is 12.2. The van der Waals surface area contributed by atoms with Crippen LogP contribution in [0.1, 0.15) is 17.5 Å². The van der Waals surface area contributed by atoms with Gasteiger partial charge in [-0.3, -0.25) is 10.2 Å². The van der Waals surface area contributed by atoms with Gasteiger partial charge in [-0.05, 0) is 18.6 Å². The minimum Gasteiger partial charge on any atom is -0.475 e. The summed E-state index contributed by atoms with van der Waals surface area (Å²) in [5, 5.41) is 10.5. The van der Waals surface area contributed by atoms with E-state index in [2.05, 4.69) is 10.3 Å². The van der Waals surface area contributed by atoms with Crippen LogP contribution in [0.2, 0.25) is 0 Å². The van der Waals surface area contributed by atoms with E-state index in [9.17, 15) is 22.8 Å². The number of rotatable bonds is 6. The Bertz CT molecular complexity index is 1290. The van der Waals surface area contributed by atoms with Gasteiger partial charge in [0.1, 0.15) is 18.1 Å². The second-order valence-corrected chi connectivity index (χ2v) is 9.19. The molecule has 2 aliphatic rings. The number of halogens is 3. The number of pyridine rings is 2. The molecule has 0 unspecified atom stereocenters. The molecule has 0 saturated carbocycles. The van der Waals surface area contributed by atoms with Crippen molar-refractivity contribution in [3.8, 4) is 0 Å². The van der Waals surface area contributed by atoms with E-state index in [1.165, 1.54) is 19.1 Å². The van der Waals surface area contributed by atoms with Crippen LogP contribution in [-0.2, 0) is 27.4 Å². The van der Waals surface area contributed by atoms with Crippen LogP contribution in [0.4, 0.5) is 35.2 Å². The molecule has 4 N–H and O–H groups in total. The van der Waals surface area contributed by atoms with Crippen molar-refractivity contribution in [3.63, 3.8) is 0 Å². The van der Waals surface area contributed by atoms with E-state index in [0.717, 1.165) is 4.57 Å². The molecule has 0 bridgehead atoms. The van der Waals surface area contributed by atoms with Gasteiger partial charge in [0.2, 0.25) is 5.90 Å². The summed E-state index contributed by atoms with van der Waals surface area (Å²) in [6, 6.07) is 1.31. The van der Waals surface area contributed by atoms with Crippen molar-refractivity contribution >= 4 is 29.1 Å². The highest BCUT2D eigenvalue weighted by Gasteiger charge is 2.40. The van der Waals surface area contributed by atoms with Crippen molar-refractivity contribution in [2.24, 2.45) is 7.05 Å². The molecule has 2 aromatic heterocycles. The van der Waals surface area contributed by atoms with Crippen molar-refractivity contribution in [3.05, 3.63) is 46.0 Å². The number of aromatic nitrogens is 2. The summed E-state index contributed by atoms with van der Waals surface area (Å²) in [7, 11) is 2.72. The number of alkyl halides is 3. The summed E-state index contributed by atoms with van der Waals surface area (Å²) in [5.74, 6) is 0.0137. The van der Waals surface area contributed by atoms with Gasteiger partial charge in [-0.2, -0.15) is 13.2 Å². The Labute approximate surface area is 221 Å². The van der Waals surface area contributed by atoms with Crippen LogP contribution in [0.5, 0.6) is 0 Å². The molecule has 4 rings (SSSR count). The fourth-order valence-electron chi connectivity index (χ4n) is 4.65. The number of hydrogen-bond donors (Lipinski definition) is 3. The number of nitrogen functional groups attached to an aromatic ring is 1. The number of hydrogen-bond acceptors (Lipinski definition) is 9. The zero-order chi connectivity index (χ0) is 28.3. The summed E-state index contributed by atoms with van der Waals surface area (Å²) in [6.07, 6.45) is -2.32. The number of carbonyl (C=O) groups is 1. The number of piperidine rings is 1. The van der Waals surface area contributed by atoms with Crippen LogP contribution in [-0.4, -0.2) is 85.1 Å². The molecule has 39 heavy (non-hydrogen) atoms. The first-order valence-electron chi connectivity index (χ1n) is 12.2. The molecule has 2 saturated heterocycles. The highest BCUT2D eigenvalue weighted by molar-refractivity contribution is 5.97. The highest BCUT2D eigenvalue weighted by atomic mass is 19.4. The standard InChI is InChI=1S/C24H30F3N7O5/c1-32-12-14(24(25,26)27)9-17(22(32)35)31-23(36)34-5-6-38-19-13-33(4-3-18(19)34)15-10-16(20(28)30-11-15)21(29)39-8-7-37-2/h9-12,18-19,29H,3-8,13H2,1-2H3,(H2,28,30)(H,31,36)/t18-,19-/m1/s1. The van der Waals surface area contributed by atoms with E-state index in [1.807, 2.05) is 4.90 Å². The smallest absolute Gasteiger partial charge is 0.417 e. The van der Waals surface area contributed by atoms with Crippen molar-refractivity contribution in [2.45, 2.75) is 24.7 Å². The number of nitrogens with zero attached hydrogens (tertiary/aromatic N) is 4. The Hall–Kier alpha value is -3.85. The third-order valence-electron chi connectivity index (χ3n) is 6.65. The van der Waals surface area contributed by atoms with E-state index in [4.69, 9.17) is 25.4 Å². The van der Waals surface area contributed by atoms with E-state index in [-0.39, 0.29) is 37.5 Å². The molecule has 0 aliphatic carbocycles. The summed E-state index contributed by atoms with van der Waals surface area (Å²) in [4.78, 5) is 33.2. The van der Waals surface area contributed by atoms with E-state index in [0.29, 0.717) is 49.6 Å². The summed E-state index contributed by atoms with van der Waals surface area (Å²) in [6.45, 7) is 1.83. The Morgan fingerprint density at radius 3 is 2.79 bits per heavy atom. The fourth-order valence-corrected chi connectivity index (χ4v) is 4.65. The van der Waals surface area contributed by atoms with Crippen LogP contribution < -0.4 is 21.5 Å². The third kappa shape index (κ3) is 6.25. The molecule has 0 spiro atoms. The van der Waals surface area contributed by atoms with Crippen LogP contribution in [0.3, 0.4) is 0 Å². The van der Waals surface area contributed by atoms with Crippen molar-refractivity contribution in [2.75, 3.05) is 62.5 Å². The van der Waals surface area contributed by atoms with Crippen LogP contribution in [0, 0.1) is 5.41 Å². The number of urea groups is 1.